The van der Waals surface area contributed by atoms with E-state index in [0.29, 0.717) is 18.4 Å². The molecular weight excluding hydrogens is 395 g/mol. The van der Waals surface area contributed by atoms with Gasteiger partial charge in [-0.2, -0.15) is 0 Å². The van der Waals surface area contributed by atoms with Crippen LogP contribution in [0.5, 0.6) is 0 Å². The number of esters is 1. The Morgan fingerprint density at radius 1 is 1.03 bits per heavy atom. The molecule has 0 aliphatic heterocycles. The van der Waals surface area contributed by atoms with E-state index in [1.165, 1.54) is 12.1 Å². The van der Waals surface area contributed by atoms with E-state index in [1.54, 1.807) is 26.0 Å². The minimum absolute atomic E-state index is 0.126. The average Bonchev–Trinajstić information content (AvgIpc) is 3.20. The minimum atomic E-state index is -4.01. The van der Waals surface area contributed by atoms with Crippen LogP contribution in [0.15, 0.2) is 47.4 Å². The fraction of sp³-hybridized carbons (Fsp3) is 0.364. The van der Waals surface area contributed by atoms with Gasteiger partial charge in [-0.25, -0.2) is 12.8 Å². The van der Waals surface area contributed by atoms with Gasteiger partial charge in [0.2, 0.25) is 0 Å². The van der Waals surface area contributed by atoms with Crippen molar-refractivity contribution in [3.63, 3.8) is 0 Å². The zero-order chi connectivity index (χ0) is 21.2. The van der Waals surface area contributed by atoms with Gasteiger partial charge in [-0.1, -0.05) is 25.0 Å². The highest BCUT2D eigenvalue weighted by Crippen LogP contribution is 2.42. The molecular formula is C22H23FO5S. The molecule has 5 nitrogen and oxygen atoms in total. The molecule has 0 heterocycles. The second kappa shape index (κ2) is 8.06. The van der Waals surface area contributed by atoms with E-state index in [0.717, 1.165) is 17.7 Å². The van der Waals surface area contributed by atoms with Gasteiger partial charge in [-0.3, -0.25) is 9.59 Å². The van der Waals surface area contributed by atoms with E-state index < -0.39 is 38.8 Å². The third-order valence-electron chi connectivity index (χ3n) is 5.43. The number of hydrogen-bond acceptors (Lipinski definition) is 5. The van der Waals surface area contributed by atoms with E-state index in [1.807, 2.05) is 6.07 Å². The summed E-state index contributed by atoms with van der Waals surface area (Å²) in [6.07, 6.45) is 1.49. The molecule has 1 aliphatic rings. The molecule has 0 N–H and O–H groups in total. The predicted molar refractivity (Wildman–Crippen MR) is 106 cm³/mol. The fourth-order valence-electron chi connectivity index (χ4n) is 3.72. The van der Waals surface area contributed by atoms with Gasteiger partial charge in [0.1, 0.15) is 5.82 Å². The Balaban J connectivity index is 1.86. The maximum atomic E-state index is 13.5. The number of hydrogen-bond donors (Lipinski definition) is 0. The quantitative estimate of drug-likeness (QED) is 0.524. The smallest absolute Gasteiger partial charge is 0.328 e. The zero-order valence-corrected chi connectivity index (χ0v) is 17.2. The third kappa shape index (κ3) is 3.96. The largest absolute Gasteiger partial charge is 0.456 e. The zero-order valence-electron chi connectivity index (χ0n) is 16.4. The van der Waals surface area contributed by atoms with Crippen molar-refractivity contribution in [2.75, 3.05) is 6.61 Å². The van der Waals surface area contributed by atoms with E-state index in [2.05, 4.69) is 0 Å². The molecule has 0 unspecified atom stereocenters. The van der Waals surface area contributed by atoms with Gasteiger partial charge in [0.25, 0.3) is 0 Å². The van der Waals surface area contributed by atoms with Gasteiger partial charge in [0, 0.05) is 5.56 Å². The summed E-state index contributed by atoms with van der Waals surface area (Å²) in [7, 11) is -4.01. The van der Waals surface area contributed by atoms with Crippen LogP contribution in [0.2, 0.25) is 0 Å². The lowest BCUT2D eigenvalue weighted by Gasteiger charge is -2.27. The van der Waals surface area contributed by atoms with Crippen LogP contribution in [-0.2, 0) is 19.4 Å². The second-order valence-electron chi connectivity index (χ2n) is 7.48. The summed E-state index contributed by atoms with van der Waals surface area (Å²) in [6, 6.07) is 9.97. The topological polar surface area (TPSA) is 77.5 Å². The van der Waals surface area contributed by atoms with Crippen molar-refractivity contribution < 1.29 is 27.1 Å². The Hall–Kier alpha value is -2.54. The summed E-state index contributed by atoms with van der Waals surface area (Å²) >= 11 is 0. The molecule has 2 aromatic carbocycles. The number of ketones is 1. The lowest BCUT2D eigenvalue weighted by atomic mass is 10.1. The SMILES string of the molecule is Cc1ccc(C)c(S(=O)(=O)C2(C(=O)OCC(=O)c3ccc(F)cc3)CCCC2)c1. The number of sulfone groups is 1. The Labute approximate surface area is 169 Å². The highest BCUT2D eigenvalue weighted by molar-refractivity contribution is 7.93. The van der Waals surface area contributed by atoms with E-state index in [4.69, 9.17) is 4.74 Å². The van der Waals surface area contributed by atoms with Gasteiger partial charge >= 0.3 is 5.97 Å². The van der Waals surface area contributed by atoms with Crippen LogP contribution < -0.4 is 0 Å². The molecule has 0 aromatic heterocycles. The molecule has 0 spiro atoms. The molecule has 0 radical (unpaired) electrons. The third-order valence-corrected chi connectivity index (χ3v) is 8.05. The lowest BCUT2D eigenvalue weighted by molar-refractivity contribution is -0.145. The summed E-state index contributed by atoms with van der Waals surface area (Å²) in [4.78, 5) is 25.3. The molecule has 1 fully saturated rings. The Morgan fingerprint density at radius 3 is 2.28 bits per heavy atom. The minimum Gasteiger partial charge on any atom is -0.456 e. The normalized spacial score (nSPS) is 15.8. The van der Waals surface area contributed by atoms with Crippen molar-refractivity contribution >= 4 is 21.6 Å². The second-order valence-corrected chi connectivity index (χ2v) is 9.71. The highest BCUT2D eigenvalue weighted by Gasteiger charge is 2.54. The van der Waals surface area contributed by atoms with Gasteiger partial charge in [-0.15, -0.1) is 0 Å². The number of Topliss-reactive ketones (excluding diaryl/α,β-unsaturated/α-hetero) is 1. The first-order valence-electron chi connectivity index (χ1n) is 9.45. The maximum absolute atomic E-state index is 13.5. The van der Waals surface area contributed by atoms with E-state index in [9.17, 15) is 22.4 Å². The first-order chi connectivity index (χ1) is 13.7. The van der Waals surface area contributed by atoms with Crippen LogP contribution in [-0.4, -0.2) is 31.5 Å². The molecule has 29 heavy (non-hydrogen) atoms. The Bertz CT molecular complexity index is 1040. The number of halogens is 1. The molecule has 1 saturated carbocycles. The summed E-state index contributed by atoms with van der Waals surface area (Å²) in [5, 5.41) is 0. The number of benzene rings is 2. The highest BCUT2D eigenvalue weighted by atomic mass is 32.2. The predicted octanol–water partition coefficient (Wildman–Crippen LogP) is 3.96. The van der Waals surface area contributed by atoms with Gasteiger partial charge in [-0.05, 0) is 68.1 Å². The molecule has 0 atom stereocenters. The maximum Gasteiger partial charge on any atom is 0.328 e. The van der Waals surface area contributed by atoms with Crippen LogP contribution in [0.1, 0.15) is 47.2 Å². The van der Waals surface area contributed by atoms with Crippen molar-refractivity contribution in [1.82, 2.24) is 0 Å². The molecule has 154 valence electrons. The number of ether oxygens (including phenoxy) is 1. The Kier molecular flexibility index (Phi) is 5.89. The first-order valence-corrected chi connectivity index (χ1v) is 10.9. The van der Waals surface area contributed by atoms with E-state index in [-0.39, 0.29) is 23.3 Å². The molecule has 0 bridgehead atoms. The molecule has 0 saturated heterocycles. The molecule has 7 heteroatoms. The Morgan fingerprint density at radius 2 is 1.66 bits per heavy atom. The number of rotatable bonds is 6. The summed E-state index contributed by atoms with van der Waals surface area (Å²) in [5.41, 5.74) is 1.54. The summed E-state index contributed by atoms with van der Waals surface area (Å²) < 4.78 is 43.5. The van der Waals surface area contributed by atoms with Crippen molar-refractivity contribution in [1.29, 1.82) is 0 Å². The molecule has 2 aromatic rings. The monoisotopic (exact) mass is 418 g/mol. The standard InChI is InChI=1S/C22H23FO5S/c1-15-5-6-16(2)20(13-15)29(26,27)22(11-3-4-12-22)21(25)28-14-19(24)17-7-9-18(23)10-8-17/h5-10,13H,3-4,11-12,14H2,1-2H3. The average molecular weight is 418 g/mol. The lowest BCUT2D eigenvalue weighted by Crippen LogP contribution is -2.46. The van der Waals surface area contributed by atoms with Crippen molar-refractivity contribution in [3.05, 3.63) is 65.0 Å². The number of carbonyl (C=O) groups excluding carboxylic acids is 2. The van der Waals surface area contributed by atoms with Crippen LogP contribution >= 0.6 is 0 Å². The summed E-state index contributed by atoms with van der Waals surface area (Å²) in [5.74, 6) is -1.90. The van der Waals surface area contributed by atoms with Gasteiger partial charge in [0.15, 0.2) is 27.0 Å². The van der Waals surface area contributed by atoms with Crippen molar-refractivity contribution in [2.24, 2.45) is 0 Å². The van der Waals surface area contributed by atoms with Crippen molar-refractivity contribution in [3.8, 4) is 0 Å². The molecule has 3 rings (SSSR count). The summed E-state index contributed by atoms with van der Waals surface area (Å²) in [6.45, 7) is 2.90. The fourth-order valence-corrected chi connectivity index (χ4v) is 6.08. The van der Waals surface area contributed by atoms with Crippen LogP contribution in [0.25, 0.3) is 0 Å². The van der Waals surface area contributed by atoms with Gasteiger partial charge in [0.05, 0.1) is 4.90 Å². The van der Waals surface area contributed by atoms with E-state index >= 15 is 0 Å². The molecule has 1 aliphatic carbocycles. The number of carbonyl (C=O) groups is 2. The first kappa shape index (κ1) is 21.2. The van der Waals surface area contributed by atoms with Gasteiger partial charge < -0.3 is 4.74 Å². The van der Waals surface area contributed by atoms with Crippen LogP contribution in [0.3, 0.4) is 0 Å². The van der Waals surface area contributed by atoms with Crippen LogP contribution in [0.4, 0.5) is 4.39 Å². The number of aryl methyl sites for hydroxylation is 2. The van der Waals surface area contributed by atoms with Crippen molar-refractivity contribution in [2.45, 2.75) is 49.2 Å². The van der Waals surface area contributed by atoms with Crippen LogP contribution in [0, 0.1) is 19.7 Å². The molecule has 0 amide bonds.